The summed E-state index contributed by atoms with van der Waals surface area (Å²) in [6.07, 6.45) is 2.46. The van der Waals surface area contributed by atoms with Crippen molar-refractivity contribution in [1.29, 1.82) is 0 Å². The monoisotopic (exact) mass is 344 g/mol. The van der Waals surface area contributed by atoms with E-state index in [1.54, 1.807) is 0 Å². The van der Waals surface area contributed by atoms with Crippen LogP contribution in [0.3, 0.4) is 0 Å². The molecule has 0 amide bonds. The second-order valence-corrected chi connectivity index (χ2v) is 10.6. The molecule has 0 unspecified atom stereocenters. The van der Waals surface area contributed by atoms with E-state index in [4.69, 9.17) is 27.9 Å². The Morgan fingerprint density at radius 3 is 1.91 bits per heavy atom. The zero-order chi connectivity index (χ0) is 17.3. The van der Waals surface area contributed by atoms with Crippen molar-refractivity contribution in [1.82, 2.24) is 0 Å². The fourth-order valence-electron chi connectivity index (χ4n) is 4.56. The van der Waals surface area contributed by atoms with Crippen LogP contribution in [0.25, 0.3) is 0 Å². The number of ether oxygens (including phenoxy) is 1. The summed E-state index contributed by atoms with van der Waals surface area (Å²) in [5.74, 6) is 1.31. The molecule has 126 valence electrons. The molecule has 3 atom stereocenters. The van der Waals surface area contributed by atoms with Gasteiger partial charge in [-0.1, -0.05) is 83.3 Å². The molecular weight excluding hydrogens is 315 g/mol. The molecule has 3 heteroatoms. The van der Waals surface area contributed by atoms with E-state index < -0.39 is 0 Å². The summed E-state index contributed by atoms with van der Waals surface area (Å²) >= 11 is 12.5. The Labute approximate surface area is 146 Å². The summed E-state index contributed by atoms with van der Waals surface area (Å²) in [5.41, 5.74) is 1.18. The molecule has 0 saturated carbocycles. The van der Waals surface area contributed by atoms with Crippen LogP contribution < -0.4 is 0 Å². The normalized spacial score (nSPS) is 34.3. The van der Waals surface area contributed by atoms with E-state index in [1.165, 1.54) is 5.57 Å². The molecule has 0 spiro atoms. The first-order chi connectivity index (χ1) is 9.63. The van der Waals surface area contributed by atoms with Crippen molar-refractivity contribution in [2.75, 3.05) is 0 Å². The summed E-state index contributed by atoms with van der Waals surface area (Å²) in [5, 5.41) is 0. The van der Waals surface area contributed by atoms with E-state index in [-0.39, 0.29) is 32.3 Å². The number of hydrogen-bond donors (Lipinski definition) is 0. The van der Waals surface area contributed by atoms with E-state index in [0.717, 1.165) is 5.76 Å². The molecule has 1 fully saturated rings. The number of rotatable bonds is 0. The SMILES string of the molecule is CC(C)(C)C1=C[C@@]2(C)[C@@H](C(C)(C)C)[C@@H]1C(=C(Cl)Cl)OC2(C)C. The Hall–Kier alpha value is -0.140. The fraction of sp³-hybridized carbons (Fsp3) is 0.789. The van der Waals surface area contributed by atoms with Gasteiger partial charge in [-0.15, -0.1) is 0 Å². The molecule has 1 aliphatic heterocycles. The van der Waals surface area contributed by atoms with Gasteiger partial charge in [0.25, 0.3) is 0 Å². The van der Waals surface area contributed by atoms with Crippen LogP contribution in [0.15, 0.2) is 21.9 Å². The predicted molar refractivity (Wildman–Crippen MR) is 96.0 cm³/mol. The van der Waals surface area contributed by atoms with Crippen LogP contribution in [-0.4, -0.2) is 5.60 Å². The Balaban J connectivity index is 2.79. The lowest BCUT2D eigenvalue weighted by atomic mass is 9.55. The highest BCUT2D eigenvalue weighted by atomic mass is 35.5. The molecule has 0 N–H and O–H groups in total. The zero-order valence-corrected chi connectivity index (χ0v) is 16.9. The van der Waals surface area contributed by atoms with Crippen molar-refractivity contribution in [2.24, 2.45) is 28.1 Å². The quantitative estimate of drug-likeness (QED) is 0.443. The molecule has 2 rings (SSSR count). The topological polar surface area (TPSA) is 9.23 Å². The molecule has 0 aromatic carbocycles. The highest BCUT2D eigenvalue weighted by Gasteiger charge is 2.64. The third-order valence-electron chi connectivity index (χ3n) is 5.70. The van der Waals surface area contributed by atoms with Crippen LogP contribution >= 0.6 is 23.2 Å². The molecule has 1 aliphatic carbocycles. The molecule has 2 bridgehead atoms. The van der Waals surface area contributed by atoms with Crippen molar-refractivity contribution < 1.29 is 4.74 Å². The molecule has 1 heterocycles. The maximum absolute atomic E-state index is 6.34. The average molecular weight is 345 g/mol. The van der Waals surface area contributed by atoms with Crippen LogP contribution in [-0.2, 0) is 4.74 Å². The number of hydrogen-bond acceptors (Lipinski definition) is 1. The molecule has 0 aromatic heterocycles. The molecule has 0 radical (unpaired) electrons. The molecule has 2 aliphatic rings. The highest BCUT2D eigenvalue weighted by molar-refractivity contribution is 6.56. The Kier molecular flexibility index (Phi) is 4.08. The average Bonchev–Trinajstić information content (AvgIpc) is 2.55. The minimum Gasteiger partial charge on any atom is -0.488 e. The van der Waals surface area contributed by atoms with Gasteiger partial charge in [0.1, 0.15) is 15.9 Å². The summed E-state index contributed by atoms with van der Waals surface area (Å²) < 4.78 is 6.61. The first kappa shape index (κ1) is 18.2. The number of fused-ring (bicyclic) bond motifs is 2. The molecule has 1 nitrogen and oxygen atoms in total. The fourth-order valence-corrected chi connectivity index (χ4v) is 4.87. The lowest BCUT2D eigenvalue weighted by Crippen LogP contribution is -2.55. The highest BCUT2D eigenvalue weighted by Crippen LogP contribution is 2.67. The van der Waals surface area contributed by atoms with Crippen molar-refractivity contribution in [3.8, 4) is 0 Å². The van der Waals surface area contributed by atoms with Crippen LogP contribution in [0.4, 0.5) is 0 Å². The standard InChI is InChI=1S/C19H30Cl2O/c1-16(2,3)11-10-19(9)14(17(4,5)6)12(11)13(15(20)21)22-18(19,7)8/h10,12,14H,1-9H3/t12-,14+,19-/m0/s1. The third kappa shape index (κ3) is 2.53. The zero-order valence-electron chi connectivity index (χ0n) is 15.4. The van der Waals surface area contributed by atoms with Gasteiger partial charge in [0.15, 0.2) is 0 Å². The van der Waals surface area contributed by atoms with Crippen LogP contribution in [0, 0.1) is 28.1 Å². The Morgan fingerprint density at radius 1 is 1.05 bits per heavy atom. The first-order valence-electron chi connectivity index (χ1n) is 8.10. The molecule has 0 aromatic rings. The van der Waals surface area contributed by atoms with Gasteiger partial charge >= 0.3 is 0 Å². The minimum absolute atomic E-state index is 0.0503. The van der Waals surface area contributed by atoms with E-state index >= 15 is 0 Å². The van der Waals surface area contributed by atoms with Crippen LogP contribution in [0.2, 0.25) is 0 Å². The minimum atomic E-state index is -0.348. The van der Waals surface area contributed by atoms with E-state index in [2.05, 4.69) is 68.4 Å². The van der Waals surface area contributed by atoms with Gasteiger partial charge in [0.05, 0.1) is 0 Å². The summed E-state index contributed by atoms with van der Waals surface area (Å²) in [7, 11) is 0. The summed E-state index contributed by atoms with van der Waals surface area (Å²) in [6.45, 7) is 20.3. The van der Waals surface area contributed by atoms with E-state index in [0.29, 0.717) is 5.92 Å². The van der Waals surface area contributed by atoms with Gasteiger partial charge in [-0.05, 0) is 30.6 Å². The maximum atomic E-state index is 6.34. The first-order valence-corrected chi connectivity index (χ1v) is 8.86. The smallest absolute Gasteiger partial charge is 0.145 e. The van der Waals surface area contributed by atoms with E-state index in [9.17, 15) is 0 Å². The van der Waals surface area contributed by atoms with Crippen molar-refractivity contribution in [2.45, 2.75) is 67.9 Å². The molecular formula is C19H30Cl2O. The third-order valence-corrected chi connectivity index (χ3v) is 6.07. The second-order valence-electron chi connectivity index (χ2n) is 9.69. The molecule has 1 saturated heterocycles. The van der Waals surface area contributed by atoms with Gasteiger partial charge < -0.3 is 4.74 Å². The van der Waals surface area contributed by atoms with Crippen molar-refractivity contribution in [3.05, 3.63) is 21.9 Å². The van der Waals surface area contributed by atoms with Crippen molar-refractivity contribution >= 4 is 23.2 Å². The second kappa shape index (κ2) is 4.93. The largest absolute Gasteiger partial charge is 0.488 e. The van der Waals surface area contributed by atoms with Gasteiger partial charge in [-0.3, -0.25) is 0 Å². The van der Waals surface area contributed by atoms with Crippen LogP contribution in [0.1, 0.15) is 62.3 Å². The van der Waals surface area contributed by atoms with Crippen LogP contribution in [0.5, 0.6) is 0 Å². The number of allylic oxidation sites excluding steroid dienone is 1. The van der Waals surface area contributed by atoms with Gasteiger partial charge in [-0.2, -0.15) is 0 Å². The van der Waals surface area contributed by atoms with Crippen molar-refractivity contribution in [3.63, 3.8) is 0 Å². The van der Waals surface area contributed by atoms with Gasteiger partial charge in [-0.25, -0.2) is 0 Å². The number of halogens is 2. The lowest BCUT2D eigenvalue weighted by Gasteiger charge is -2.56. The maximum Gasteiger partial charge on any atom is 0.145 e. The molecule has 22 heavy (non-hydrogen) atoms. The Morgan fingerprint density at radius 2 is 1.55 bits per heavy atom. The summed E-state index contributed by atoms with van der Waals surface area (Å²) in [6, 6.07) is 0. The predicted octanol–water partition coefficient (Wildman–Crippen LogP) is 6.71. The summed E-state index contributed by atoms with van der Waals surface area (Å²) in [4.78, 5) is 0. The lowest BCUT2D eigenvalue weighted by molar-refractivity contribution is -0.145. The Bertz CT molecular complexity index is 539. The van der Waals surface area contributed by atoms with Gasteiger partial charge in [0.2, 0.25) is 0 Å². The van der Waals surface area contributed by atoms with E-state index in [1.807, 2.05) is 0 Å². The van der Waals surface area contributed by atoms with Gasteiger partial charge in [0, 0.05) is 11.3 Å².